The number of thiazole rings is 1. The summed E-state index contributed by atoms with van der Waals surface area (Å²) >= 11 is 1.40. The van der Waals surface area contributed by atoms with Gasteiger partial charge in [-0.1, -0.05) is 20.8 Å². The van der Waals surface area contributed by atoms with Crippen LogP contribution in [0.3, 0.4) is 0 Å². The molecule has 0 radical (unpaired) electrons. The van der Waals surface area contributed by atoms with Crippen molar-refractivity contribution in [3.8, 4) is 5.75 Å². The molecule has 4 aromatic rings. The minimum Gasteiger partial charge on any atom is -0.497 e. The van der Waals surface area contributed by atoms with E-state index in [0.717, 1.165) is 11.1 Å². The molecule has 0 fully saturated rings. The molecule has 0 atom stereocenters. The van der Waals surface area contributed by atoms with Gasteiger partial charge in [-0.05, 0) is 30.3 Å². The fraction of sp³-hybridized carbons (Fsp3) is 0.250. The van der Waals surface area contributed by atoms with E-state index < -0.39 is 0 Å². The van der Waals surface area contributed by atoms with Gasteiger partial charge in [0.15, 0.2) is 10.9 Å². The van der Waals surface area contributed by atoms with Gasteiger partial charge in [-0.25, -0.2) is 4.98 Å². The Labute approximate surface area is 190 Å². The van der Waals surface area contributed by atoms with Crippen LogP contribution in [0.15, 0.2) is 54.3 Å². The monoisotopic (exact) mass is 448 g/mol. The van der Waals surface area contributed by atoms with E-state index in [1.54, 1.807) is 60.6 Å². The molecule has 1 N–H and O–H groups in total. The number of nitrogens with zero attached hydrogens (tertiary/aromatic N) is 3. The van der Waals surface area contributed by atoms with Crippen LogP contribution in [0.2, 0.25) is 0 Å². The van der Waals surface area contributed by atoms with Crippen LogP contribution in [-0.4, -0.2) is 33.3 Å². The molecule has 1 aromatic carbocycles. The second kappa shape index (κ2) is 8.55. The van der Waals surface area contributed by atoms with Gasteiger partial charge in [-0.15, -0.1) is 11.3 Å². The van der Waals surface area contributed by atoms with Gasteiger partial charge in [0.05, 0.1) is 24.5 Å². The van der Waals surface area contributed by atoms with Gasteiger partial charge < -0.3 is 14.6 Å². The summed E-state index contributed by atoms with van der Waals surface area (Å²) in [7, 11) is 1.58. The third-order valence-electron chi connectivity index (χ3n) is 5.11. The first kappa shape index (κ1) is 21.7. The number of aromatic nitrogens is 3. The lowest BCUT2D eigenvalue weighted by molar-refractivity contribution is -0.116. The summed E-state index contributed by atoms with van der Waals surface area (Å²) in [6, 6.07) is 8.75. The highest BCUT2D eigenvalue weighted by atomic mass is 32.1. The van der Waals surface area contributed by atoms with Gasteiger partial charge in [0.2, 0.25) is 5.91 Å². The number of pyridine rings is 1. The molecule has 0 unspecified atom stereocenters. The maximum atomic E-state index is 13.2. The number of amides is 1. The molecule has 0 aliphatic carbocycles. The van der Waals surface area contributed by atoms with Crippen LogP contribution in [0.4, 0.5) is 5.13 Å². The number of hydrogen-bond donors (Lipinski definition) is 1. The normalized spacial score (nSPS) is 11.5. The van der Waals surface area contributed by atoms with E-state index in [1.165, 1.54) is 11.3 Å². The molecule has 3 heterocycles. The number of rotatable bonds is 6. The average Bonchev–Trinajstić information content (AvgIpc) is 3.39. The smallest absolute Gasteiger partial charge is 0.246 e. The molecule has 8 heteroatoms. The van der Waals surface area contributed by atoms with Crippen molar-refractivity contribution in [2.24, 2.45) is 0 Å². The molecule has 0 aliphatic heterocycles. The van der Waals surface area contributed by atoms with Crippen molar-refractivity contribution >= 4 is 39.1 Å². The van der Waals surface area contributed by atoms with Gasteiger partial charge >= 0.3 is 0 Å². The fourth-order valence-corrected chi connectivity index (χ4v) is 4.29. The lowest BCUT2D eigenvalue weighted by Crippen LogP contribution is -2.19. The van der Waals surface area contributed by atoms with Crippen LogP contribution in [0.25, 0.3) is 10.9 Å². The molecule has 7 nitrogen and oxygen atoms in total. The van der Waals surface area contributed by atoms with Crippen LogP contribution >= 0.6 is 11.3 Å². The van der Waals surface area contributed by atoms with Crippen molar-refractivity contribution < 1.29 is 14.3 Å². The number of carbonyl (C=O) groups is 2. The largest absolute Gasteiger partial charge is 0.497 e. The third kappa shape index (κ3) is 4.40. The van der Waals surface area contributed by atoms with E-state index in [0.29, 0.717) is 27.5 Å². The van der Waals surface area contributed by atoms with Crippen LogP contribution in [-0.2, 0) is 16.8 Å². The molecule has 0 spiro atoms. The summed E-state index contributed by atoms with van der Waals surface area (Å²) in [5.74, 6) is 0.336. The molecular weight excluding hydrogens is 424 g/mol. The lowest BCUT2D eigenvalue weighted by Gasteiger charge is -2.14. The Morgan fingerprint density at radius 3 is 2.56 bits per heavy atom. The first-order valence-electron chi connectivity index (χ1n) is 10.1. The number of hydrogen-bond acceptors (Lipinski definition) is 6. The molecule has 0 aliphatic rings. The summed E-state index contributed by atoms with van der Waals surface area (Å²) in [4.78, 5) is 34.6. The molecule has 1 amide bonds. The van der Waals surface area contributed by atoms with E-state index in [2.05, 4.69) is 36.1 Å². The second-order valence-electron chi connectivity index (χ2n) is 8.46. The number of fused-ring (bicyclic) bond motifs is 1. The van der Waals surface area contributed by atoms with Crippen molar-refractivity contribution in [2.45, 2.75) is 32.7 Å². The van der Waals surface area contributed by atoms with Gasteiger partial charge in [0, 0.05) is 39.7 Å². The second-order valence-corrected chi connectivity index (χ2v) is 9.32. The number of nitrogens with one attached hydrogen (secondary N) is 1. The van der Waals surface area contributed by atoms with E-state index in [1.807, 2.05) is 5.38 Å². The molecule has 4 rings (SSSR count). The lowest BCUT2D eigenvalue weighted by atomic mass is 9.93. The Morgan fingerprint density at radius 1 is 1.16 bits per heavy atom. The number of ether oxygens (including phenoxy) is 1. The SMILES string of the molecule is COc1ccc(C(=O)c2cn(CC(=O)Nc3nc(C(C)(C)C)cs3)c3cnccc23)cc1. The predicted octanol–water partition coefficient (Wildman–Crippen LogP) is 4.67. The molecule has 0 saturated heterocycles. The standard InChI is InChI=1S/C24H24N4O3S/c1-24(2,3)20-14-32-23(26-20)27-21(29)13-28-12-18(17-9-10-25-11-19(17)28)22(30)15-5-7-16(31-4)8-6-15/h5-12,14H,13H2,1-4H3,(H,26,27,29). The first-order chi connectivity index (χ1) is 15.3. The van der Waals surface area contributed by atoms with Gasteiger partial charge in [0.25, 0.3) is 0 Å². The Kier molecular flexibility index (Phi) is 5.80. The highest BCUT2D eigenvalue weighted by Gasteiger charge is 2.20. The quantitative estimate of drug-likeness (QED) is 0.433. The topological polar surface area (TPSA) is 86.1 Å². The molecule has 32 heavy (non-hydrogen) atoms. The van der Waals surface area contributed by atoms with Crippen molar-refractivity contribution in [2.75, 3.05) is 12.4 Å². The summed E-state index contributed by atoms with van der Waals surface area (Å²) in [6.07, 6.45) is 5.01. The van der Waals surface area contributed by atoms with Crippen molar-refractivity contribution in [3.05, 3.63) is 71.1 Å². The molecular formula is C24H24N4O3S. The predicted molar refractivity (Wildman–Crippen MR) is 126 cm³/mol. The van der Waals surface area contributed by atoms with Crippen LogP contribution in [0.1, 0.15) is 42.4 Å². The highest BCUT2D eigenvalue weighted by molar-refractivity contribution is 7.13. The van der Waals surface area contributed by atoms with E-state index in [4.69, 9.17) is 4.74 Å². The molecule has 164 valence electrons. The minimum absolute atomic E-state index is 0.0442. The van der Waals surface area contributed by atoms with E-state index >= 15 is 0 Å². The van der Waals surface area contributed by atoms with Crippen molar-refractivity contribution in [1.82, 2.24) is 14.5 Å². The number of carbonyl (C=O) groups excluding carboxylic acids is 2. The van der Waals surface area contributed by atoms with Crippen LogP contribution in [0.5, 0.6) is 5.75 Å². The van der Waals surface area contributed by atoms with Gasteiger partial charge in [-0.3, -0.25) is 14.6 Å². The summed E-state index contributed by atoms with van der Waals surface area (Å²) in [6.45, 7) is 6.28. The Hall–Kier alpha value is -3.52. The molecule has 3 aromatic heterocycles. The zero-order valence-electron chi connectivity index (χ0n) is 18.4. The zero-order valence-corrected chi connectivity index (χ0v) is 19.2. The Balaban J connectivity index is 1.59. The maximum absolute atomic E-state index is 13.2. The summed E-state index contributed by atoms with van der Waals surface area (Å²) in [5, 5.41) is 6.12. The third-order valence-corrected chi connectivity index (χ3v) is 5.87. The number of ketones is 1. The van der Waals surface area contributed by atoms with Crippen molar-refractivity contribution in [1.29, 1.82) is 0 Å². The fourth-order valence-electron chi connectivity index (χ4n) is 3.34. The minimum atomic E-state index is -0.219. The summed E-state index contributed by atoms with van der Waals surface area (Å²) < 4.78 is 6.91. The zero-order chi connectivity index (χ0) is 22.9. The summed E-state index contributed by atoms with van der Waals surface area (Å²) in [5.41, 5.74) is 2.63. The maximum Gasteiger partial charge on any atom is 0.246 e. The van der Waals surface area contributed by atoms with Crippen LogP contribution in [0, 0.1) is 0 Å². The van der Waals surface area contributed by atoms with E-state index in [9.17, 15) is 9.59 Å². The number of benzene rings is 1. The van der Waals surface area contributed by atoms with Crippen molar-refractivity contribution in [3.63, 3.8) is 0 Å². The highest BCUT2D eigenvalue weighted by Crippen LogP contribution is 2.27. The number of methoxy groups -OCH3 is 1. The number of anilines is 1. The Morgan fingerprint density at radius 2 is 1.91 bits per heavy atom. The first-order valence-corrected chi connectivity index (χ1v) is 11.0. The molecule has 0 saturated carbocycles. The van der Waals surface area contributed by atoms with E-state index in [-0.39, 0.29) is 23.7 Å². The van der Waals surface area contributed by atoms with Crippen LogP contribution < -0.4 is 10.1 Å². The average molecular weight is 449 g/mol. The Bertz CT molecular complexity index is 1280. The van der Waals surface area contributed by atoms with Gasteiger partial charge in [0.1, 0.15) is 12.3 Å². The molecule has 0 bridgehead atoms. The van der Waals surface area contributed by atoms with Gasteiger partial charge in [-0.2, -0.15) is 0 Å².